The highest BCUT2D eigenvalue weighted by atomic mass is 28.4. The van der Waals surface area contributed by atoms with E-state index in [9.17, 15) is 15.3 Å². The lowest BCUT2D eigenvalue weighted by Gasteiger charge is -2.48. The molecule has 0 bridgehead atoms. The van der Waals surface area contributed by atoms with E-state index in [-0.39, 0.29) is 21.7 Å². The molecule has 0 unspecified atom stereocenters. The number of fused-ring (bicyclic) bond motifs is 2. The van der Waals surface area contributed by atoms with Crippen molar-refractivity contribution in [3.05, 3.63) is 83.9 Å². The summed E-state index contributed by atoms with van der Waals surface area (Å²) in [7, 11) is -4.12. The van der Waals surface area contributed by atoms with Gasteiger partial charge in [0.25, 0.3) is 16.6 Å². The Kier molecular flexibility index (Phi) is 9.71. The number of ether oxygens (including phenoxy) is 2. The molecule has 2 aliphatic rings. The Balaban J connectivity index is 1.84. The molecule has 3 aromatic carbocycles. The molecule has 0 saturated carbocycles. The van der Waals surface area contributed by atoms with Crippen molar-refractivity contribution in [2.75, 3.05) is 20.3 Å². The maximum absolute atomic E-state index is 12.2. The van der Waals surface area contributed by atoms with Gasteiger partial charge in [0.2, 0.25) is 0 Å². The molecule has 1 aliphatic carbocycles. The molecule has 4 atom stereocenters. The molecule has 1 heterocycles. The van der Waals surface area contributed by atoms with Crippen LogP contribution in [0.25, 0.3) is 0 Å². The third kappa shape index (κ3) is 5.24. The molecule has 1 saturated heterocycles. The van der Waals surface area contributed by atoms with E-state index in [1.807, 2.05) is 48.5 Å². The van der Waals surface area contributed by atoms with Crippen LogP contribution in [0, 0.1) is 0 Å². The van der Waals surface area contributed by atoms with E-state index in [0.717, 1.165) is 10.4 Å². The van der Waals surface area contributed by atoms with Crippen molar-refractivity contribution >= 4 is 27.0 Å². The van der Waals surface area contributed by atoms with E-state index in [1.54, 1.807) is 7.11 Å². The summed E-state index contributed by atoms with van der Waals surface area (Å²) in [4.78, 5) is 0. The number of epoxide rings is 1. The number of benzene rings is 3. The fraction of sp³-hybridized carbons (Fsp3) is 0.526. The quantitative estimate of drug-likeness (QED) is 0.151. The Morgan fingerprint density at radius 2 is 1.28 bits per heavy atom. The van der Waals surface area contributed by atoms with Gasteiger partial charge in [-0.2, -0.15) is 0 Å². The van der Waals surface area contributed by atoms with Crippen LogP contribution in [0.2, 0.25) is 21.7 Å². The van der Waals surface area contributed by atoms with Crippen LogP contribution >= 0.6 is 0 Å². The van der Waals surface area contributed by atoms with Crippen molar-refractivity contribution in [3.63, 3.8) is 0 Å². The smallest absolute Gasteiger partial charge is 0.262 e. The van der Waals surface area contributed by atoms with Gasteiger partial charge < -0.3 is 33.6 Å². The van der Waals surface area contributed by atoms with Gasteiger partial charge >= 0.3 is 0 Å². The van der Waals surface area contributed by atoms with E-state index in [1.165, 1.54) is 0 Å². The van der Waals surface area contributed by atoms with Crippen molar-refractivity contribution in [3.8, 4) is 11.5 Å². The fourth-order valence-corrected chi connectivity index (χ4v) is 18.7. The van der Waals surface area contributed by atoms with Gasteiger partial charge in [-0.15, -0.1) is 0 Å². The van der Waals surface area contributed by atoms with Crippen LogP contribution in [-0.4, -0.2) is 63.5 Å². The molecule has 5 rings (SSSR count). The van der Waals surface area contributed by atoms with Gasteiger partial charge in [0, 0.05) is 11.6 Å². The molecule has 7 nitrogen and oxygen atoms in total. The molecule has 1 fully saturated rings. The highest BCUT2D eigenvalue weighted by Crippen LogP contribution is 2.68. The molecule has 1 aliphatic heterocycles. The van der Waals surface area contributed by atoms with E-state index in [4.69, 9.17) is 18.3 Å². The zero-order valence-electron chi connectivity index (χ0n) is 29.7. The summed E-state index contributed by atoms with van der Waals surface area (Å²) in [5, 5.41) is 36.2. The number of methoxy groups -OCH3 is 1. The van der Waals surface area contributed by atoms with Gasteiger partial charge in [-0.1, -0.05) is 123 Å². The van der Waals surface area contributed by atoms with Gasteiger partial charge in [0.15, 0.2) is 11.2 Å². The lowest BCUT2D eigenvalue weighted by molar-refractivity contribution is 0.0142. The van der Waals surface area contributed by atoms with E-state index in [0.29, 0.717) is 22.6 Å². The van der Waals surface area contributed by atoms with Crippen molar-refractivity contribution in [2.45, 2.75) is 107 Å². The minimum Gasteiger partial charge on any atom is -0.542 e. The molecule has 0 aromatic heterocycles. The Bertz CT molecular complexity index is 1480. The number of aliphatic hydroxyl groups excluding tert-OH is 3. The molecule has 9 heteroatoms. The first kappa shape index (κ1) is 35.8. The summed E-state index contributed by atoms with van der Waals surface area (Å²) >= 11 is 0. The predicted molar refractivity (Wildman–Crippen MR) is 192 cm³/mol. The van der Waals surface area contributed by atoms with E-state index < -0.39 is 53.3 Å². The number of hydrogen-bond donors (Lipinski definition) is 3. The standard InChI is InChI=1S/C38H54O7Si2/c1-25(2)46(26(3)4,27(5)6)43-32-22-28(42-10)21-31-33(32)34(41)37(23-39)38(24-40,45-37)35(31)44-47(36(7,8)9,29-17-13-11-14-18-29)30-19-15-12-16-20-30/h11-22,25-27,34-35,39-41H,23-24H2,1-10H3/t34-,35-,37-,38+/m1/s1. The summed E-state index contributed by atoms with van der Waals surface area (Å²) in [6.07, 6.45) is -2.14. The zero-order chi connectivity index (χ0) is 34.6. The van der Waals surface area contributed by atoms with Crippen molar-refractivity contribution in [1.29, 1.82) is 0 Å². The third-order valence-corrected chi connectivity index (χ3v) is 22.0. The van der Waals surface area contributed by atoms with Gasteiger partial charge in [0.1, 0.15) is 23.7 Å². The molecule has 47 heavy (non-hydrogen) atoms. The molecule has 0 radical (unpaired) electrons. The van der Waals surface area contributed by atoms with Crippen molar-refractivity contribution < 1.29 is 33.6 Å². The average Bonchev–Trinajstić information content (AvgIpc) is 3.74. The Morgan fingerprint density at radius 1 is 0.787 bits per heavy atom. The molecule has 256 valence electrons. The highest BCUT2D eigenvalue weighted by Gasteiger charge is 2.81. The summed E-state index contributed by atoms with van der Waals surface area (Å²) < 4.78 is 27.4. The number of aliphatic hydroxyl groups is 3. The predicted octanol–water partition coefficient (Wildman–Crippen LogP) is 6.41. The van der Waals surface area contributed by atoms with Crippen LogP contribution in [0.1, 0.15) is 85.6 Å². The first-order chi connectivity index (χ1) is 22.1. The van der Waals surface area contributed by atoms with E-state index >= 15 is 0 Å². The Hall–Kier alpha value is -2.51. The largest absolute Gasteiger partial charge is 0.542 e. The maximum atomic E-state index is 12.2. The summed E-state index contributed by atoms with van der Waals surface area (Å²) in [6, 6.07) is 24.4. The van der Waals surface area contributed by atoms with Gasteiger partial charge in [0.05, 0.1) is 20.3 Å². The summed E-state index contributed by atoms with van der Waals surface area (Å²) in [5.74, 6) is 1.09. The van der Waals surface area contributed by atoms with Crippen LogP contribution in [0.5, 0.6) is 11.5 Å². The van der Waals surface area contributed by atoms with Gasteiger partial charge in [-0.25, -0.2) is 0 Å². The monoisotopic (exact) mass is 678 g/mol. The van der Waals surface area contributed by atoms with Crippen molar-refractivity contribution in [2.24, 2.45) is 0 Å². The minimum absolute atomic E-state index is 0.273. The fourth-order valence-electron chi connectivity index (χ4n) is 8.75. The highest BCUT2D eigenvalue weighted by molar-refractivity contribution is 6.99. The minimum atomic E-state index is -3.22. The normalized spacial score (nSPS) is 24.3. The second-order valence-corrected chi connectivity index (χ2v) is 24.9. The van der Waals surface area contributed by atoms with E-state index in [2.05, 4.69) is 86.6 Å². The van der Waals surface area contributed by atoms with Gasteiger partial charge in [-0.3, -0.25) is 0 Å². The lowest BCUT2D eigenvalue weighted by Crippen LogP contribution is -2.68. The molecule has 0 spiro atoms. The lowest BCUT2D eigenvalue weighted by atomic mass is 9.72. The topological polar surface area (TPSA) is 101 Å². The van der Waals surface area contributed by atoms with Crippen LogP contribution < -0.4 is 19.5 Å². The van der Waals surface area contributed by atoms with Crippen molar-refractivity contribution in [1.82, 2.24) is 0 Å². The number of rotatable bonds is 12. The maximum Gasteiger partial charge on any atom is 0.262 e. The molecular formula is C38H54O7Si2. The first-order valence-corrected chi connectivity index (χ1v) is 21.0. The summed E-state index contributed by atoms with van der Waals surface area (Å²) in [5.41, 5.74) is -0.875. The third-order valence-electron chi connectivity index (χ3n) is 11.0. The zero-order valence-corrected chi connectivity index (χ0v) is 31.7. The SMILES string of the molecule is COc1cc(O[Si](C(C)C)(C(C)C)C(C)C)c2c(c1)[C@@H](O[Si](c1ccccc1)(c1ccccc1)C(C)(C)C)[C@]1(CO)O[C@]1(CO)[C@@H]2O. The van der Waals surface area contributed by atoms with Gasteiger partial charge in [-0.05, 0) is 43.7 Å². The molecular weight excluding hydrogens is 625 g/mol. The average molecular weight is 679 g/mol. The summed E-state index contributed by atoms with van der Waals surface area (Å²) in [6.45, 7) is 19.0. The van der Waals surface area contributed by atoms with Crippen LogP contribution in [-0.2, 0) is 9.16 Å². The Labute approximate surface area is 283 Å². The second-order valence-electron chi connectivity index (χ2n) is 15.3. The molecule has 0 amide bonds. The van der Waals surface area contributed by atoms with Crippen LogP contribution in [0.15, 0.2) is 72.8 Å². The molecule has 3 aromatic rings. The Morgan fingerprint density at radius 3 is 1.68 bits per heavy atom. The molecule has 3 N–H and O–H groups in total. The second kappa shape index (κ2) is 12.7. The number of hydrogen-bond acceptors (Lipinski definition) is 7. The first-order valence-electron chi connectivity index (χ1n) is 16.9. The van der Waals surface area contributed by atoms with Crippen LogP contribution in [0.4, 0.5) is 0 Å². The van der Waals surface area contributed by atoms with Crippen LogP contribution in [0.3, 0.4) is 0 Å².